The van der Waals surface area contributed by atoms with E-state index in [0.717, 1.165) is 23.9 Å². The van der Waals surface area contributed by atoms with Crippen LogP contribution in [0.2, 0.25) is 0 Å². The van der Waals surface area contributed by atoms with Gasteiger partial charge in [0, 0.05) is 26.1 Å². The number of aromatic nitrogens is 6. The molecular formula is C14H19N7O2S. The summed E-state index contributed by atoms with van der Waals surface area (Å²) in [5.74, 6) is 0.800. The first-order valence-electron chi connectivity index (χ1n) is 8.00. The lowest BCUT2D eigenvalue weighted by Gasteiger charge is -2.30. The van der Waals surface area contributed by atoms with Crippen molar-refractivity contribution in [2.24, 2.45) is 7.05 Å². The molecule has 128 valence electrons. The predicted molar refractivity (Wildman–Crippen MR) is 88.1 cm³/mol. The van der Waals surface area contributed by atoms with Gasteiger partial charge in [0.15, 0.2) is 17.1 Å². The second-order valence-corrected chi connectivity index (χ2v) is 8.34. The molecule has 0 N–H and O–H groups in total. The topological polar surface area (TPSA) is 98.3 Å². The lowest BCUT2D eigenvalue weighted by atomic mass is 9.99. The zero-order valence-electron chi connectivity index (χ0n) is 13.6. The lowest BCUT2D eigenvalue weighted by Crippen LogP contribution is -2.40. The number of hydrogen-bond acceptors (Lipinski definition) is 6. The van der Waals surface area contributed by atoms with E-state index in [-0.39, 0.29) is 11.7 Å². The Balaban J connectivity index is 1.72. The van der Waals surface area contributed by atoms with Crippen molar-refractivity contribution in [1.29, 1.82) is 0 Å². The van der Waals surface area contributed by atoms with Crippen molar-refractivity contribution in [2.45, 2.75) is 25.7 Å². The van der Waals surface area contributed by atoms with Crippen LogP contribution in [-0.2, 0) is 17.1 Å². The third kappa shape index (κ3) is 2.37. The largest absolute Gasteiger partial charge is 0.250 e. The minimum atomic E-state index is -3.18. The summed E-state index contributed by atoms with van der Waals surface area (Å²) in [4.78, 5) is 9.01. The van der Waals surface area contributed by atoms with E-state index in [2.05, 4.69) is 20.2 Å². The Morgan fingerprint density at radius 1 is 1.33 bits per heavy atom. The van der Waals surface area contributed by atoms with Gasteiger partial charge in [-0.2, -0.15) is 5.10 Å². The van der Waals surface area contributed by atoms with Crippen LogP contribution in [0.25, 0.3) is 16.7 Å². The predicted octanol–water partition coefficient (Wildman–Crippen LogP) is 0.540. The molecule has 4 heterocycles. The van der Waals surface area contributed by atoms with E-state index < -0.39 is 10.0 Å². The molecule has 0 unspecified atom stereocenters. The minimum absolute atomic E-state index is 0.00620. The molecule has 0 saturated carbocycles. The van der Waals surface area contributed by atoms with E-state index in [1.54, 1.807) is 33.0 Å². The molecule has 10 heteroatoms. The van der Waals surface area contributed by atoms with Crippen LogP contribution in [0, 0.1) is 0 Å². The molecule has 1 aliphatic rings. The van der Waals surface area contributed by atoms with Crippen LogP contribution in [-0.4, -0.2) is 60.9 Å². The summed E-state index contributed by atoms with van der Waals surface area (Å²) < 4.78 is 29.2. The number of hydrogen-bond donors (Lipinski definition) is 0. The molecule has 3 aromatic rings. The molecule has 0 radical (unpaired) electrons. The third-order valence-electron chi connectivity index (χ3n) is 4.59. The van der Waals surface area contributed by atoms with Crippen molar-refractivity contribution in [2.75, 3.05) is 18.8 Å². The Morgan fingerprint density at radius 3 is 2.96 bits per heavy atom. The van der Waals surface area contributed by atoms with Gasteiger partial charge in [-0.3, -0.25) is 4.68 Å². The Morgan fingerprint density at radius 2 is 2.17 bits per heavy atom. The highest BCUT2D eigenvalue weighted by atomic mass is 32.2. The fraction of sp³-hybridized carbons (Fsp3) is 0.571. The van der Waals surface area contributed by atoms with Gasteiger partial charge < -0.3 is 0 Å². The fourth-order valence-corrected chi connectivity index (χ4v) is 4.40. The molecule has 24 heavy (non-hydrogen) atoms. The number of sulfonamides is 1. The summed E-state index contributed by atoms with van der Waals surface area (Å²) in [5.41, 5.74) is 1.46. The lowest BCUT2D eigenvalue weighted by molar-refractivity contribution is 0.309. The van der Waals surface area contributed by atoms with Gasteiger partial charge in [0.05, 0.1) is 17.3 Å². The summed E-state index contributed by atoms with van der Waals surface area (Å²) in [7, 11) is -1.35. The van der Waals surface area contributed by atoms with E-state index in [9.17, 15) is 8.42 Å². The molecule has 0 aromatic carbocycles. The summed E-state index contributed by atoms with van der Waals surface area (Å²) in [6.45, 7) is 2.69. The van der Waals surface area contributed by atoms with Gasteiger partial charge in [-0.1, -0.05) is 0 Å². The second-order valence-electron chi connectivity index (χ2n) is 6.09. The van der Waals surface area contributed by atoms with E-state index in [4.69, 9.17) is 0 Å². The summed E-state index contributed by atoms with van der Waals surface area (Å²) >= 11 is 0. The average Bonchev–Trinajstić information content (AvgIpc) is 3.18. The number of fused-ring (bicyclic) bond motifs is 3. The monoisotopic (exact) mass is 349 g/mol. The summed E-state index contributed by atoms with van der Waals surface area (Å²) in [6, 6.07) is 0. The molecule has 0 aliphatic carbocycles. The standard InChI is InChI=1S/C14H19N7O2S/c1-3-24(22,23)20-6-4-5-10(8-20)12-17-14-11-7-16-19(2)13(11)15-9-21(14)18-12/h7,9-10H,3-6,8H2,1-2H3/t10-/m1/s1. The zero-order chi connectivity index (χ0) is 16.9. The maximum Gasteiger partial charge on any atom is 0.213 e. The minimum Gasteiger partial charge on any atom is -0.250 e. The van der Waals surface area contributed by atoms with E-state index >= 15 is 0 Å². The van der Waals surface area contributed by atoms with Gasteiger partial charge in [0.1, 0.15) is 6.33 Å². The van der Waals surface area contributed by atoms with Crippen LogP contribution in [0.1, 0.15) is 31.5 Å². The number of rotatable bonds is 3. The fourth-order valence-electron chi connectivity index (χ4n) is 3.22. The van der Waals surface area contributed by atoms with Gasteiger partial charge in [-0.15, -0.1) is 5.10 Å². The quantitative estimate of drug-likeness (QED) is 0.684. The van der Waals surface area contributed by atoms with Gasteiger partial charge in [-0.25, -0.2) is 27.2 Å². The molecule has 0 spiro atoms. The summed E-state index contributed by atoms with van der Waals surface area (Å²) in [6.07, 6.45) is 5.06. The number of piperidine rings is 1. The van der Waals surface area contributed by atoms with Crippen LogP contribution in [0.15, 0.2) is 12.5 Å². The Kier molecular flexibility index (Phi) is 3.53. The van der Waals surface area contributed by atoms with Crippen molar-refractivity contribution in [1.82, 2.24) is 33.7 Å². The molecule has 9 nitrogen and oxygen atoms in total. The molecular weight excluding hydrogens is 330 g/mol. The summed E-state index contributed by atoms with van der Waals surface area (Å²) in [5, 5.41) is 9.57. The molecule has 1 saturated heterocycles. The first-order chi connectivity index (χ1) is 11.5. The number of nitrogens with zero attached hydrogens (tertiary/aromatic N) is 7. The van der Waals surface area contributed by atoms with Crippen LogP contribution in [0.3, 0.4) is 0 Å². The van der Waals surface area contributed by atoms with Gasteiger partial charge in [0.25, 0.3) is 0 Å². The molecule has 1 aliphatic heterocycles. The zero-order valence-corrected chi connectivity index (χ0v) is 14.4. The number of aryl methyl sites for hydroxylation is 1. The highest BCUT2D eigenvalue weighted by molar-refractivity contribution is 7.89. The maximum absolute atomic E-state index is 12.1. The maximum atomic E-state index is 12.1. The first-order valence-corrected chi connectivity index (χ1v) is 9.61. The molecule has 0 bridgehead atoms. The molecule has 1 atom stereocenters. The Bertz CT molecular complexity index is 1010. The van der Waals surface area contributed by atoms with Crippen LogP contribution in [0.4, 0.5) is 0 Å². The van der Waals surface area contributed by atoms with Gasteiger partial charge in [0.2, 0.25) is 10.0 Å². The Labute approximate surface area is 139 Å². The molecule has 3 aromatic heterocycles. The molecule has 0 amide bonds. The van der Waals surface area contributed by atoms with Crippen molar-refractivity contribution in [3.8, 4) is 0 Å². The first kappa shape index (κ1) is 15.5. The van der Waals surface area contributed by atoms with E-state index in [1.807, 2.05) is 7.05 Å². The van der Waals surface area contributed by atoms with Crippen molar-refractivity contribution < 1.29 is 8.42 Å². The van der Waals surface area contributed by atoms with Crippen molar-refractivity contribution >= 4 is 26.7 Å². The Hall–Kier alpha value is -2.07. The SMILES string of the molecule is CCS(=O)(=O)N1CCC[C@@H](c2nc3c4cnn(C)c4ncn3n2)C1. The molecule has 4 rings (SSSR count). The van der Waals surface area contributed by atoms with Gasteiger partial charge >= 0.3 is 0 Å². The highest BCUT2D eigenvalue weighted by Gasteiger charge is 2.30. The van der Waals surface area contributed by atoms with Gasteiger partial charge in [-0.05, 0) is 19.8 Å². The van der Waals surface area contributed by atoms with E-state index in [1.165, 1.54) is 0 Å². The van der Waals surface area contributed by atoms with Crippen molar-refractivity contribution in [3.63, 3.8) is 0 Å². The van der Waals surface area contributed by atoms with Crippen LogP contribution in [0.5, 0.6) is 0 Å². The third-order valence-corrected chi connectivity index (χ3v) is 6.44. The average molecular weight is 349 g/mol. The normalized spacial score (nSPS) is 20.2. The van der Waals surface area contributed by atoms with Crippen LogP contribution < -0.4 is 0 Å². The van der Waals surface area contributed by atoms with Crippen LogP contribution >= 0.6 is 0 Å². The highest BCUT2D eigenvalue weighted by Crippen LogP contribution is 2.27. The van der Waals surface area contributed by atoms with E-state index in [0.29, 0.717) is 24.6 Å². The van der Waals surface area contributed by atoms with Crippen molar-refractivity contribution in [3.05, 3.63) is 18.3 Å². The molecule has 1 fully saturated rings. The smallest absolute Gasteiger partial charge is 0.213 e. The second kappa shape index (κ2) is 5.49.